The number of carbonyl (C=O) groups is 1. The second kappa shape index (κ2) is 10.8. The van der Waals surface area contributed by atoms with Crippen molar-refractivity contribution in [1.82, 2.24) is 10.2 Å². The van der Waals surface area contributed by atoms with E-state index in [1.54, 1.807) is 12.1 Å². The van der Waals surface area contributed by atoms with Crippen molar-refractivity contribution in [2.75, 3.05) is 37.6 Å². The van der Waals surface area contributed by atoms with Gasteiger partial charge >= 0.3 is 0 Å². The Morgan fingerprint density at radius 2 is 1.59 bits per heavy atom. The van der Waals surface area contributed by atoms with Gasteiger partial charge in [0.1, 0.15) is 0 Å². The minimum atomic E-state index is -3.75. The molecule has 1 saturated heterocycles. The number of sulfonamides is 1. The van der Waals surface area contributed by atoms with Crippen LogP contribution >= 0.6 is 0 Å². The van der Waals surface area contributed by atoms with Crippen LogP contribution in [0, 0.1) is 6.92 Å². The summed E-state index contributed by atoms with van der Waals surface area (Å²) in [5, 5.41) is 3.01. The first-order valence-corrected chi connectivity index (χ1v) is 12.8. The highest BCUT2D eigenvalue weighted by molar-refractivity contribution is 7.92. The zero-order chi connectivity index (χ0) is 24.0. The summed E-state index contributed by atoms with van der Waals surface area (Å²) < 4.78 is 33.4. The highest BCUT2D eigenvalue weighted by Crippen LogP contribution is 2.22. The Kier molecular flexibility index (Phi) is 7.62. The Bertz CT molecular complexity index is 1190. The number of hydrogen-bond donors (Lipinski definition) is 2. The summed E-state index contributed by atoms with van der Waals surface area (Å²) in [5.41, 5.74) is 3.07. The van der Waals surface area contributed by atoms with Crippen LogP contribution in [-0.4, -0.2) is 52.1 Å². The molecule has 4 rings (SSSR count). The monoisotopic (exact) mass is 479 g/mol. The number of morpholine rings is 1. The SMILES string of the molecule is Cc1ccc(NS(=O)(=O)c2ccc(C(=O)NCC(c3ccccc3)N3CCOCC3)cc2)cc1. The minimum Gasteiger partial charge on any atom is -0.379 e. The summed E-state index contributed by atoms with van der Waals surface area (Å²) in [5.74, 6) is -0.246. The first kappa shape index (κ1) is 23.9. The van der Waals surface area contributed by atoms with Gasteiger partial charge in [0.2, 0.25) is 0 Å². The fraction of sp³-hybridized carbons (Fsp3) is 0.269. The van der Waals surface area contributed by atoms with Gasteiger partial charge in [-0.1, -0.05) is 48.0 Å². The van der Waals surface area contributed by atoms with Gasteiger partial charge in [0.05, 0.1) is 24.2 Å². The number of nitrogens with zero attached hydrogens (tertiary/aromatic N) is 1. The molecule has 1 atom stereocenters. The lowest BCUT2D eigenvalue weighted by atomic mass is 10.0. The van der Waals surface area contributed by atoms with Gasteiger partial charge < -0.3 is 10.1 Å². The molecule has 1 unspecified atom stereocenters. The Labute approximate surface area is 200 Å². The lowest BCUT2D eigenvalue weighted by molar-refractivity contribution is 0.0162. The molecule has 1 aliphatic rings. The van der Waals surface area contributed by atoms with Crippen molar-refractivity contribution in [3.8, 4) is 0 Å². The molecule has 1 amide bonds. The molecule has 2 N–H and O–H groups in total. The van der Waals surface area contributed by atoms with Gasteiger partial charge in [-0.15, -0.1) is 0 Å². The van der Waals surface area contributed by atoms with E-state index in [0.29, 0.717) is 31.0 Å². The molecule has 178 valence electrons. The highest BCUT2D eigenvalue weighted by Gasteiger charge is 2.23. The van der Waals surface area contributed by atoms with Crippen molar-refractivity contribution >= 4 is 21.6 Å². The van der Waals surface area contributed by atoms with Crippen LogP contribution in [-0.2, 0) is 14.8 Å². The molecular weight excluding hydrogens is 450 g/mol. The molecule has 1 fully saturated rings. The maximum Gasteiger partial charge on any atom is 0.261 e. The molecule has 1 aliphatic heterocycles. The molecule has 1 heterocycles. The van der Waals surface area contributed by atoms with Crippen LogP contribution in [0.2, 0.25) is 0 Å². The van der Waals surface area contributed by atoms with Gasteiger partial charge in [-0.3, -0.25) is 14.4 Å². The van der Waals surface area contributed by atoms with Crippen LogP contribution < -0.4 is 10.0 Å². The van der Waals surface area contributed by atoms with Gasteiger partial charge in [0.25, 0.3) is 15.9 Å². The predicted octanol–water partition coefficient (Wildman–Crippen LogP) is 3.60. The third-order valence-electron chi connectivity index (χ3n) is 5.86. The fourth-order valence-corrected chi connectivity index (χ4v) is 4.99. The van der Waals surface area contributed by atoms with Gasteiger partial charge in [0, 0.05) is 30.9 Å². The summed E-state index contributed by atoms with van der Waals surface area (Å²) in [6, 6.07) is 23.2. The van der Waals surface area contributed by atoms with E-state index < -0.39 is 10.0 Å². The molecule has 0 aromatic heterocycles. The first-order chi connectivity index (χ1) is 16.4. The van der Waals surface area contributed by atoms with Crippen molar-refractivity contribution < 1.29 is 17.9 Å². The number of aryl methyl sites for hydroxylation is 1. The third kappa shape index (κ3) is 6.02. The number of carbonyl (C=O) groups excluding carboxylic acids is 1. The van der Waals surface area contributed by atoms with Gasteiger partial charge in [-0.2, -0.15) is 0 Å². The van der Waals surface area contributed by atoms with Crippen molar-refractivity contribution in [3.63, 3.8) is 0 Å². The Hall–Kier alpha value is -3.20. The molecule has 0 radical (unpaired) electrons. The summed E-state index contributed by atoms with van der Waals surface area (Å²) >= 11 is 0. The van der Waals surface area contributed by atoms with Gasteiger partial charge in [0.15, 0.2) is 0 Å². The summed E-state index contributed by atoms with van der Waals surface area (Å²) in [6.07, 6.45) is 0. The number of ether oxygens (including phenoxy) is 1. The highest BCUT2D eigenvalue weighted by atomic mass is 32.2. The molecule has 0 bridgehead atoms. The fourth-order valence-electron chi connectivity index (χ4n) is 3.93. The average Bonchev–Trinajstić information content (AvgIpc) is 2.87. The lowest BCUT2D eigenvalue weighted by Crippen LogP contribution is -2.43. The van der Waals surface area contributed by atoms with Crippen molar-refractivity contribution in [1.29, 1.82) is 0 Å². The first-order valence-electron chi connectivity index (χ1n) is 11.3. The third-order valence-corrected chi connectivity index (χ3v) is 7.25. The van der Waals surface area contributed by atoms with E-state index in [0.717, 1.165) is 24.2 Å². The number of benzene rings is 3. The van der Waals surface area contributed by atoms with E-state index >= 15 is 0 Å². The van der Waals surface area contributed by atoms with E-state index in [9.17, 15) is 13.2 Å². The van der Waals surface area contributed by atoms with E-state index in [-0.39, 0.29) is 16.8 Å². The van der Waals surface area contributed by atoms with Gasteiger partial charge in [-0.05, 0) is 48.9 Å². The van der Waals surface area contributed by atoms with Crippen LogP contribution in [0.15, 0.2) is 83.8 Å². The molecule has 34 heavy (non-hydrogen) atoms. The average molecular weight is 480 g/mol. The predicted molar refractivity (Wildman–Crippen MR) is 132 cm³/mol. The van der Waals surface area contributed by atoms with E-state index in [2.05, 4.69) is 27.1 Å². The van der Waals surface area contributed by atoms with Crippen LogP contribution in [0.5, 0.6) is 0 Å². The summed E-state index contributed by atoms with van der Waals surface area (Å²) in [7, 11) is -3.75. The molecule has 3 aromatic rings. The van der Waals surface area contributed by atoms with Crippen LogP contribution in [0.1, 0.15) is 27.5 Å². The topological polar surface area (TPSA) is 87.7 Å². The maximum absolute atomic E-state index is 12.8. The second-order valence-electron chi connectivity index (χ2n) is 8.28. The van der Waals surface area contributed by atoms with Crippen LogP contribution in [0.3, 0.4) is 0 Å². The molecule has 0 spiro atoms. The standard InChI is InChI=1S/C26H29N3O4S/c1-20-7-11-23(12-8-20)28-34(31,32)24-13-9-22(10-14-24)26(30)27-19-25(21-5-3-2-4-6-21)29-15-17-33-18-16-29/h2-14,25,28H,15-19H2,1H3,(H,27,30). The molecule has 3 aromatic carbocycles. The Morgan fingerprint density at radius 3 is 2.24 bits per heavy atom. The van der Waals surface area contributed by atoms with Crippen molar-refractivity contribution in [2.24, 2.45) is 0 Å². The van der Waals surface area contributed by atoms with E-state index in [4.69, 9.17) is 4.74 Å². The molecule has 8 heteroatoms. The number of rotatable bonds is 8. The summed E-state index contributed by atoms with van der Waals surface area (Å²) in [6.45, 7) is 5.32. The number of nitrogens with one attached hydrogen (secondary N) is 2. The number of anilines is 1. The minimum absolute atomic E-state index is 0.0346. The van der Waals surface area contributed by atoms with Gasteiger partial charge in [-0.25, -0.2) is 8.42 Å². The van der Waals surface area contributed by atoms with E-state index in [1.807, 2.05) is 37.3 Å². The largest absolute Gasteiger partial charge is 0.379 e. The molecular formula is C26H29N3O4S. The number of hydrogen-bond acceptors (Lipinski definition) is 5. The molecule has 0 saturated carbocycles. The lowest BCUT2D eigenvalue weighted by Gasteiger charge is -2.35. The van der Waals surface area contributed by atoms with Crippen molar-refractivity contribution in [2.45, 2.75) is 17.9 Å². The zero-order valence-electron chi connectivity index (χ0n) is 19.1. The van der Waals surface area contributed by atoms with E-state index in [1.165, 1.54) is 24.3 Å². The molecule has 7 nitrogen and oxygen atoms in total. The Morgan fingerprint density at radius 1 is 0.941 bits per heavy atom. The Balaban J connectivity index is 1.42. The van der Waals surface area contributed by atoms with Crippen LogP contribution in [0.4, 0.5) is 5.69 Å². The quantitative estimate of drug-likeness (QED) is 0.516. The molecule has 0 aliphatic carbocycles. The summed E-state index contributed by atoms with van der Waals surface area (Å²) in [4.78, 5) is 15.2. The van der Waals surface area contributed by atoms with Crippen molar-refractivity contribution in [3.05, 3.63) is 95.6 Å². The maximum atomic E-state index is 12.8. The zero-order valence-corrected chi connectivity index (χ0v) is 19.9. The second-order valence-corrected chi connectivity index (χ2v) is 9.96. The van der Waals surface area contributed by atoms with Crippen LogP contribution in [0.25, 0.3) is 0 Å². The number of amides is 1. The normalized spacial score (nSPS) is 15.4. The smallest absolute Gasteiger partial charge is 0.261 e.